The van der Waals surface area contributed by atoms with E-state index in [2.05, 4.69) is 29.8 Å². The molecular formula is C16H20N2OS. The summed E-state index contributed by atoms with van der Waals surface area (Å²) in [5.74, 6) is 0. The maximum Gasteiger partial charge on any atom is 0.255 e. The molecule has 0 amide bonds. The Morgan fingerprint density at radius 3 is 2.85 bits per heavy atom. The summed E-state index contributed by atoms with van der Waals surface area (Å²) < 4.78 is 2.01. The smallest absolute Gasteiger partial charge is 0.255 e. The molecular weight excluding hydrogens is 268 g/mol. The highest BCUT2D eigenvalue weighted by molar-refractivity contribution is 7.13. The first-order valence-electron chi connectivity index (χ1n) is 7.30. The van der Waals surface area contributed by atoms with Gasteiger partial charge in [0.25, 0.3) is 5.56 Å². The van der Waals surface area contributed by atoms with Crippen molar-refractivity contribution in [3.8, 4) is 10.6 Å². The van der Waals surface area contributed by atoms with E-state index in [1.54, 1.807) is 11.3 Å². The van der Waals surface area contributed by atoms with Crippen molar-refractivity contribution in [1.82, 2.24) is 9.88 Å². The highest BCUT2D eigenvalue weighted by Crippen LogP contribution is 2.38. The molecule has 0 spiro atoms. The Kier molecular flexibility index (Phi) is 4.03. The zero-order chi connectivity index (χ0) is 13.9. The molecule has 1 saturated carbocycles. The van der Waals surface area contributed by atoms with Crippen LogP contribution in [-0.2, 0) is 6.54 Å². The van der Waals surface area contributed by atoms with Gasteiger partial charge in [0.05, 0.1) is 10.6 Å². The number of rotatable bonds is 6. The lowest BCUT2D eigenvalue weighted by molar-refractivity contribution is 0.649. The summed E-state index contributed by atoms with van der Waals surface area (Å²) in [6, 6.07) is 8.63. The summed E-state index contributed by atoms with van der Waals surface area (Å²) in [5, 5.41) is 5.39. The fraction of sp³-hybridized carbons (Fsp3) is 0.438. The van der Waals surface area contributed by atoms with Crippen molar-refractivity contribution in [2.45, 2.75) is 38.8 Å². The Balaban J connectivity index is 1.97. The van der Waals surface area contributed by atoms with Crippen LogP contribution in [0.2, 0.25) is 0 Å². The number of pyridine rings is 1. The molecule has 2 aromatic rings. The molecule has 106 valence electrons. The van der Waals surface area contributed by atoms with Gasteiger partial charge in [-0.15, -0.1) is 11.3 Å². The molecule has 3 rings (SSSR count). The molecule has 3 nitrogen and oxygen atoms in total. The minimum absolute atomic E-state index is 0.182. The van der Waals surface area contributed by atoms with Crippen LogP contribution < -0.4 is 10.9 Å². The van der Waals surface area contributed by atoms with E-state index in [-0.39, 0.29) is 5.56 Å². The van der Waals surface area contributed by atoms with Crippen LogP contribution >= 0.6 is 11.3 Å². The van der Waals surface area contributed by atoms with Crippen molar-refractivity contribution < 1.29 is 0 Å². The molecule has 1 N–H and O–H groups in total. The molecule has 0 radical (unpaired) electrons. The van der Waals surface area contributed by atoms with E-state index in [1.807, 2.05) is 16.7 Å². The molecule has 1 aliphatic carbocycles. The number of thiophene rings is 1. The second-order valence-corrected chi connectivity index (χ2v) is 6.25. The highest BCUT2D eigenvalue weighted by Gasteiger charge is 2.28. The predicted octanol–water partition coefficient (Wildman–Crippen LogP) is 3.41. The fourth-order valence-corrected chi connectivity index (χ4v) is 3.20. The molecule has 0 unspecified atom stereocenters. The van der Waals surface area contributed by atoms with E-state index in [4.69, 9.17) is 0 Å². The van der Waals surface area contributed by atoms with Crippen molar-refractivity contribution in [2.24, 2.45) is 0 Å². The molecule has 0 bridgehead atoms. The Morgan fingerprint density at radius 1 is 1.35 bits per heavy atom. The monoisotopic (exact) mass is 288 g/mol. The van der Waals surface area contributed by atoms with E-state index >= 15 is 0 Å². The van der Waals surface area contributed by atoms with Gasteiger partial charge in [-0.25, -0.2) is 0 Å². The Hall–Kier alpha value is -1.39. The van der Waals surface area contributed by atoms with Gasteiger partial charge in [-0.2, -0.15) is 0 Å². The van der Waals surface area contributed by atoms with Gasteiger partial charge in [-0.1, -0.05) is 19.1 Å². The Morgan fingerprint density at radius 2 is 2.20 bits per heavy atom. The lowest BCUT2D eigenvalue weighted by Crippen LogP contribution is -2.27. The summed E-state index contributed by atoms with van der Waals surface area (Å²) in [7, 11) is 0. The Bertz CT molecular complexity index is 626. The summed E-state index contributed by atoms with van der Waals surface area (Å²) in [6.45, 7) is 3.76. The van der Waals surface area contributed by atoms with Gasteiger partial charge >= 0.3 is 0 Å². The third kappa shape index (κ3) is 2.72. The van der Waals surface area contributed by atoms with Gasteiger partial charge in [0, 0.05) is 18.2 Å². The van der Waals surface area contributed by atoms with E-state index in [1.165, 1.54) is 4.88 Å². The molecule has 0 aromatic carbocycles. The van der Waals surface area contributed by atoms with Crippen LogP contribution in [0.5, 0.6) is 0 Å². The van der Waals surface area contributed by atoms with Crippen LogP contribution in [0.15, 0.2) is 34.4 Å². The molecule has 4 heteroatoms. The van der Waals surface area contributed by atoms with Gasteiger partial charge in [-0.05, 0) is 43.3 Å². The first-order chi connectivity index (χ1) is 9.81. The maximum atomic E-state index is 12.7. The average Bonchev–Trinajstić information content (AvgIpc) is 3.14. The first kappa shape index (κ1) is 13.6. The van der Waals surface area contributed by atoms with Crippen LogP contribution in [0.1, 0.15) is 37.8 Å². The van der Waals surface area contributed by atoms with Crippen molar-refractivity contribution in [2.75, 3.05) is 6.54 Å². The summed E-state index contributed by atoms with van der Waals surface area (Å²) in [6.07, 6.45) is 3.35. The number of nitrogens with zero attached hydrogens (tertiary/aromatic N) is 1. The summed E-state index contributed by atoms with van der Waals surface area (Å²) in [5.41, 5.74) is 2.14. The summed E-state index contributed by atoms with van der Waals surface area (Å²) >= 11 is 1.70. The molecule has 2 heterocycles. The van der Waals surface area contributed by atoms with E-state index in [0.717, 1.165) is 37.1 Å². The van der Waals surface area contributed by atoms with Gasteiger partial charge in [0.2, 0.25) is 0 Å². The van der Waals surface area contributed by atoms with Crippen LogP contribution in [0.4, 0.5) is 0 Å². The van der Waals surface area contributed by atoms with Crippen LogP contribution in [0.25, 0.3) is 10.6 Å². The average molecular weight is 288 g/mol. The standard InChI is InChI=1S/C16H20N2OS/c1-2-9-17-11-12-5-8-14(15-4-3-10-20-15)18(16(12)19)13-6-7-13/h3-5,8,10,13,17H,2,6-7,9,11H2,1H3. The normalized spacial score (nSPS) is 14.7. The maximum absolute atomic E-state index is 12.7. The summed E-state index contributed by atoms with van der Waals surface area (Å²) in [4.78, 5) is 13.9. The highest BCUT2D eigenvalue weighted by atomic mass is 32.1. The molecule has 0 saturated heterocycles. The van der Waals surface area contributed by atoms with Crippen molar-refractivity contribution in [1.29, 1.82) is 0 Å². The van der Waals surface area contributed by atoms with Crippen LogP contribution in [-0.4, -0.2) is 11.1 Å². The lowest BCUT2D eigenvalue weighted by Gasteiger charge is -2.13. The van der Waals surface area contributed by atoms with E-state index in [9.17, 15) is 4.79 Å². The van der Waals surface area contributed by atoms with Crippen LogP contribution in [0.3, 0.4) is 0 Å². The van der Waals surface area contributed by atoms with Crippen LogP contribution in [0, 0.1) is 0 Å². The Labute approximate surface area is 123 Å². The van der Waals surface area contributed by atoms with Crippen molar-refractivity contribution in [3.63, 3.8) is 0 Å². The van der Waals surface area contributed by atoms with E-state index in [0.29, 0.717) is 12.6 Å². The van der Waals surface area contributed by atoms with Crippen molar-refractivity contribution >= 4 is 11.3 Å². The SMILES string of the molecule is CCCNCc1ccc(-c2cccs2)n(C2CC2)c1=O. The molecule has 1 aliphatic rings. The quantitative estimate of drug-likeness (QED) is 0.827. The largest absolute Gasteiger partial charge is 0.312 e. The lowest BCUT2D eigenvalue weighted by atomic mass is 10.2. The number of aromatic nitrogens is 1. The van der Waals surface area contributed by atoms with Gasteiger partial charge in [0.15, 0.2) is 0 Å². The molecule has 20 heavy (non-hydrogen) atoms. The molecule has 2 aromatic heterocycles. The number of hydrogen-bond donors (Lipinski definition) is 1. The second-order valence-electron chi connectivity index (χ2n) is 5.30. The molecule has 0 aliphatic heterocycles. The zero-order valence-electron chi connectivity index (χ0n) is 11.8. The predicted molar refractivity (Wildman–Crippen MR) is 84.3 cm³/mol. The third-order valence-corrected chi connectivity index (χ3v) is 4.52. The number of nitrogens with one attached hydrogen (secondary N) is 1. The van der Waals surface area contributed by atoms with Gasteiger partial charge in [0.1, 0.15) is 0 Å². The topological polar surface area (TPSA) is 34.0 Å². The third-order valence-electron chi connectivity index (χ3n) is 3.62. The van der Waals surface area contributed by atoms with Crippen molar-refractivity contribution in [3.05, 3.63) is 45.6 Å². The van der Waals surface area contributed by atoms with Gasteiger partial charge in [-0.3, -0.25) is 4.79 Å². The minimum atomic E-state index is 0.182. The zero-order valence-corrected chi connectivity index (χ0v) is 12.6. The second kappa shape index (κ2) is 5.94. The van der Waals surface area contributed by atoms with E-state index < -0.39 is 0 Å². The minimum Gasteiger partial charge on any atom is -0.312 e. The fourth-order valence-electron chi connectivity index (χ4n) is 2.45. The first-order valence-corrected chi connectivity index (χ1v) is 8.18. The van der Waals surface area contributed by atoms with Gasteiger partial charge < -0.3 is 9.88 Å². The molecule has 0 atom stereocenters. The number of hydrogen-bond acceptors (Lipinski definition) is 3. The molecule has 1 fully saturated rings.